The van der Waals surface area contributed by atoms with Crippen molar-refractivity contribution in [3.05, 3.63) is 0 Å². The molecule has 0 aromatic carbocycles. The summed E-state index contributed by atoms with van der Waals surface area (Å²) in [6.45, 7) is 0.191. The van der Waals surface area contributed by atoms with Crippen molar-refractivity contribution in [2.75, 3.05) is 26.0 Å². The van der Waals surface area contributed by atoms with E-state index in [-0.39, 0.29) is 18.1 Å². The molecule has 0 amide bonds. The molecule has 7 nitrogen and oxygen atoms in total. The summed E-state index contributed by atoms with van der Waals surface area (Å²) in [6.07, 6.45) is 0.405. The Balaban J connectivity index is 3.84. The summed E-state index contributed by atoms with van der Waals surface area (Å²) < 4.78 is 29.2. The van der Waals surface area contributed by atoms with Gasteiger partial charge in [0, 0.05) is 13.7 Å². The predicted molar refractivity (Wildman–Crippen MR) is 51.7 cm³/mol. The maximum atomic E-state index is 11.2. The molecule has 84 valence electrons. The van der Waals surface area contributed by atoms with Crippen LogP contribution < -0.4 is 10.5 Å². The Morgan fingerprint density at radius 3 is 2.79 bits per heavy atom. The van der Waals surface area contributed by atoms with Crippen molar-refractivity contribution in [1.82, 2.24) is 4.72 Å². The summed E-state index contributed by atoms with van der Waals surface area (Å²) in [5.74, 6) is -0.222. The normalized spacial score (nSPS) is 13.1. The van der Waals surface area contributed by atoms with Gasteiger partial charge in [-0.05, 0) is 6.42 Å². The summed E-state index contributed by atoms with van der Waals surface area (Å²) in [4.78, 5) is 0. The zero-order chi connectivity index (χ0) is 11.0. The highest BCUT2D eigenvalue weighted by atomic mass is 32.2. The summed E-state index contributed by atoms with van der Waals surface area (Å²) in [5, 5.41) is 10.8. The van der Waals surface area contributed by atoms with Gasteiger partial charge in [-0.1, -0.05) is 5.16 Å². The van der Waals surface area contributed by atoms with E-state index >= 15 is 0 Å². The zero-order valence-corrected chi connectivity index (χ0v) is 8.75. The summed E-state index contributed by atoms with van der Waals surface area (Å²) in [5.41, 5.74) is 5.08. The molecule has 0 heterocycles. The van der Waals surface area contributed by atoms with E-state index in [1.165, 1.54) is 7.11 Å². The zero-order valence-electron chi connectivity index (χ0n) is 7.93. The molecular formula is C6H15N3O4S. The summed E-state index contributed by atoms with van der Waals surface area (Å²) >= 11 is 0. The fourth-order valence-electron chi connectivity index (χ4n) is 0.685. The number of hydrogen-bond acceptors (Lipinski definition) is 5. The van der Waals surface area contributed by atoms with E-state index in [4.69, 9.17) is 15.7 Å². The van der Waals surface area contributed by atoms with Crippen LogP contribution in [0, 0.1) is 0 Å². The topological polar surface area (TPSA) is 114 Å². The van der Waals surface area contributed by atoms with Crippen LogP contribution in [0.4, 0.5) is 0 Å². The summed E-state index contributed by atoms with van der Waals surface area (Å²) in [7, 11) is -1.86. The molecule has 0 rings (SSSR count). The van der Waals surface area contributed by atoms with Crippen molar-refractivity contribution in [1.29, 1.82) is 0 Å². The van der Waals surface area contributed by atoms with Crippen molar-refractivity contribution in [2.24, 2.45) is 10.9 Å². The molecule has 4 N–H and O–H groups in total. The predicted octanol–water partition coefficient (Wildman–Crippen LogP) is -1.31. The molecule has 14 heavy (non-hydrogen) atoms. The van der Waals surface area contributed by atoms with Crippen molar-refractivity contribution < 1.29 is 18.4 Å². The highest BCUT2D eigenvalue weighted by Gasteiger charge is 2.09. The van der Waals surface area contributed by atoms with Crippen LogP contribution in [0.3, 0.4) is 0 Å². The number of hydrogen-bond donors (Lipinski definition) is 3. The molecule has 0 radical (unpaired) electrons. The first-order valence-electron chi connectivity index (χ1n) is 3.94. The Labute approximate surface area is 83.0 Å². The number of amidine groups is 1. The number of oxime groups is 1. The molecule has 0 atom stereocenters. The highest BCUT2D eigenvalue weighted by Crippen LogP contribution is 1.89. The van der Waals surface area contributed by atoms with Gasteiger partial charge in [0.15, 0.2) is 5.84 Å². The maximum absolute atomic E-state index is 11.2. The Morgan fingerprint density at radius 1 is 1.64 bits per heavy atom. The third-order valence-corrected chi connectivity index (χ3v) is 2.77. The van der Waals surface area contributed by atoms with Gasteiger partial charge in [-0.15, -0.1) is 0 Å². The summed E-state index contributed by atoms with van der Waals surface area (Å²) in [6, 6.07) is 0. The first kappa shape index (κ1) is 13.1. The lowest BCUT2D eigenvalue weighted by molar-refractivity contribution is 0.199. The molecule has 0 aliphatic carbocycles. The van der Waals surface area contributed by atoms with Crippen LogP contribution in [0.1, 0.15) is 6.42 Å². The third kappa shape index (κ3) is 6.63. The van der Waals surface area contributed by atoms with Gasteiger partial charge in [-0.3, -0.25) is 0 Å². The molecule has 0 spiro atoms. The minimum atomic E-state index is -3.36. The minimum absolute atomic E-state index is 0.0421. The van der Waals surface area contributed by atoms with Crippen LogP contribution in [-0.4, -0.2) is 45.5 Å². The van der Waals surface area contributed by atoms with Crippen molar-refractivity contribution >= 4 is 15.9 Å². The second-order valence-corrected chi connectivity index (χ2v) is 4.50. The van der Waals surface area contributed by atoms with Crippen molar-refractivity contribution in [3.63, 3.8) is 0 Å². The number of ether oxygens (including phenoxy) is 1. The highest BCUT2D eigenvalue weighted by molar-refractivity contribution is 7.89. The number of nitrogens with one attached hydrogen (secondary N) is 1. The largest absolute Gasteiger partial charge is 0.409 e. The average molecular weight is 225 g/mol. The molecular weight excluding hydrogens is 210 g/mol. The average Bonchev–Trinajstić information content (AvgIpc) is 2.14. The third-order valence-electron chi connectivity index (χ3n) is 1.36. The lowest BCUT2D eigenvalue weighted by Gasteiger charge is -2.04. The van der Waals surface area contributed by atoms with Gasteiger partial charge in [0.25, 0.3) is 0 Å². The van der Waals surface area contributed by atoms with Crippen LogP contribution in [0.5, 0.6) is 0 Å². The monoisotopic (exact) mass is 225 g/mol. The van der Waals surface area contributed by atoms with Crippen LogP contribution in [-0.2, 0) is 14.8 Å². The fourth-order valence-corrected chi connectivity index (χ4v) is 1.69. The minimum Gasteiger partial charge on any atom is -0.409 e. The Hall–Kier alpha value is -0.860. The quantitative estimate of drug-likeness (QED) is 0.164. The van der Waals surface area contributed by atoms with E-state index in [0.717, 1.165) is 0 Å². The number of nitrogens with two attached hydrogens (primary N) is 1. The van der Waals surface area contributed by atoms with Gasteiger partial charge in [-0.25, -0.2) is 13.1 Å². The molecule has 0 aromatic heterocycles. The van der Waals surface area contributed by atoms with Crippen LogP contribution in [0.15, 0.2) is 5.16 Å². The van der Waals surface area contributed by atoms with E-state index in [1.54, 1.807) is 0 Å². The second kappa shape index (κ2) is 6.57. The lowest BCUT2D eigenvalue weighted by Crippen LogP contribution is -2.35. The fraction of sp³-hybridized carbons (Fsp3) is 0.833. The van der Waals surface area contributed by atoms with Crippen molar-refractivity contribution in [2.45, 2.75) is 6.42 Å². The van der Waals surface area contributed by atoms with E-state index in [1.807, 2.05) is 0 Å². The standard InChI is InChI=1S/C6H15N3O4S/c1-13-3-2-4-14(11,12)8-5-6(7)9-10/h8,10H,2-5H2,1H3,(H2,7,9). The van der Waals surface area contributed by atoms with Crippen molar-refractivity contribution in [3.8, 4) is 0 Å². The first-order chi connectivity index (χ1) is 6.52. The van der Waals surface area contributed by atoms with E-state index in [9.17, 15) is 8.42 Å². The molecule has 8 heteroatoms. The number of nitrogens with zero attached hydrogens (tertiary/aromatic N) is 1. The van der Waals surface area contributed by atoms with Crippen LogP contribution in [0.25, 0.3) is 0 Å². The molecule has 0 aromatic rings. The molecule has 0 aliphatic rings. The first-order valence-corrected chi connectivity index (χ1v) is 5.59. The molecule has 0 bridgehead atoms. The van der Waals surface area contributed by atoms with Crippen LogP contribution >= 0.6 is 0 Å². The van der Waals surface area contributed by atoms with Crippen LogP contribution in [0.2, 0.25) is 0 Å². The molecule has 0 fully saturated rings. The molecule has 0 saturated carbocycles. The molecule has 0 saturated heterocycles. The number of rotatable bonds is 7. The molecule has 0 aliphatic heterocycles. The van der Waals surface area contributed by atoms with Gasteiger partial charge in [0.1, 0.15) is 0 Å². The lowest BCUT2D eigenvalue weighted by atomic mass is 10.5. The van der Waals surface area contributed by atoms with E-state index < -0.39 is 10.0 Å². The molecule has 0 unspecified atom stereocenters. The van der Waals surface area contributed by atoms with Gasteiger partial charge >= 0.3 is 0 Å². The van der Waals surface area contributed by atoms with Gasteiger partial charge in [0.05, 0.1) is 12.3 Å². The van der Waals surface area contributed by atoms with E-state index in [2.05, 4.69) is 9.88 Å². The second-order valence-electron chi connectivity index (χ2n) is 2.58. The maximum Gasteiger partial charge on any atom is 0.212 e. The SMILES string of the molecule is COCCCS(=O)(=O)NCC(N)=NO. The van der Waals surface area contributed by atoms with Gasteiger partial charge < -0.3 is 15.7 Å². The van der Waals surface area contributed by atoms with E-state index in [0.29, 0.717) is 13.0 Å². The smallest absolute Gasteiger partial charge is 0.212 e. The Morgan fingerprint density at radius 2 is 2.29 bits per heavy atom. The van der Waals surface area contributed by atoms with Gasteiger partial charge in [0.2, 0.25) is 10.0 Å². The Bertz CT molecular complexity index is 275. The number of sulfonamides is 1. The number of methoxy groups -OCH3 is 1. The Kier molecular flexibility index (Phi) is 6.17. The van der Waals surface area contributed by atoms with Gasteiger partial charge in [-0.2, -0.15) is 0 Å².